The Balaban J connectivity index is 1.50. The first-order valence-electron chi connectivity index (χ1n) is 8.84. The molecular weight excluding hydrogens is 288 g/mol. The lowest BCUT2D eigenvalue weighted by Gasteiger charge is -2.49. The standard InChI is InChI=1S/C18H28N4O/c1-13-9-14(19)10-17-18(13)22-8-7-21(11-16(22)12-23-17)15-3-5-20(2)6-4-15/h9-10,15-16H,3-8,11-12,19H2,1-2H3/t16-/m0/s1. The number of hydrogen-bond donors (Lipinski definition) is 1. The fourth-order valence-electron chi connectivity index (χ4n) is 4.45. The van der Waals surface area contributed by atoms with Gasteiger partial charge < -0.3 is 20.3 Å². The van der Waals surface area contributed by atoms with Crippen molar-refractivity contribution in [3.05, 3.63) is 17.7 Å². The van der Waals surface area contributed by atoms with E-state index in [4.69, 9.17) is 10.5 Å². The number of fused-ring (bicyclic) bond motifs is 3. The molecule has 2 fully saturated rings. The molecule has 0 spiro atoms. The third-order valence-corrected chi connectivity index (χ3v) is 5.72. The van der Waals surface area contributed by atoms with Crippen LogP contribution in [0, 0.1) is 6.92 Å². The molecule has 1 aromatic rings. The summed E-state index contributed by atoms with van der Waals surface area (Å²) in [5, 5.41) is 0. The molecule has 23 heavy (non-hydrogen) atoms. The van der Waals surface area contributed by atoms with Crippen molar-refractivity contribution >= 4 is 11.4 Å². The highest BCUT2D eigenvalue weighted by molar-refractivity contribution is 5.70. The Morgan fingerprint density at radius 2 is 1.87 bits per heavy atom. The number of nitrogen functional groups attached to an aromatic ring is 1. The Bertz CT molecular complexity index is 583. The third-order valence-electron chi connectivity index (χ3n) is 5.72. The molecule has 2 saturated heterocycles. The Labute approximate surface area is 139 Å². The second kappa shape index (κ2) is 5.87. The molecule has 3 aliphatic heterocycles. The molecule has 0 amide bonds. The van der Waals surface area contributed by atoms with Crippen molar-refractivity contribution in [2.75, 3.05) is 57.0 Å². The predicted octanol–water partition coefficient (Wildman–Crippen LogP) is 1.55. The highest BCUT2D eigenvalue weighted by Crippen LogP contribution is 2.40. The van der Waals surface area contributed by atoms with Crippen LogP contribution in [0.4, 0.5) is 11.4 Å². The molecule has 0 saturated carbocycles. The van der Waals surface area contributed by atoms with Crippen molar-refractivity contribution in [1.29, 1.82) is 0 Å². The van der Waals surface area contributed by atoms with Crippen LogP contribution in [0.1, 0.15) is 18.4 Å². The first-order chi connectivity index (χ1) is 11.1. The van der Waals surface area contributed by atoms with E-state index in [0.717, 1.165) is 43.7 Å². The summed E-state index contributed by atoms with van der Waals surface area (Å²) >= 11 is 0. The van der Waals surface area contributed by atoms with Gasteiger partial charge >= 0.3 is 0 Å². The van der Waals surface area contributed by atoms with Crippen LogP contribution in [0.2, 0.25) is 0 Å². The second-order valence-corrected chi connectivity index (χ2v) is 7.37. The summed E-state index contributed by atoms with van der Waals surface area (Å²) in [6.07, 6.45) is 2.60. The van der Waals surface area contributed by atoms with Crippen LogP contribution in [0.25, 0.3) is 0 Å². The van der Waals surface area contributed by atoms with Gasteiger partial charge in [-0.1, -0.05) is 0 Å². The maximum Gasteiger partial charge on any atom is 0.145 e. The minimum Gasteiger partial charge on any atom is -0.489 e. The van der Waals surface area contributed by atoms with Gasteiger partial charge in [0.05, 0.1) is 11.7 Å². The number of piperidine rings is 1. The van der Waals surface area contributed by atoms with E-state index in [9.17, 15) is 0 Å². The van der Waals surface area contributed by atoms with E-state index in [1.54, 1.807) is 0 Å². The molecule has 0 aliphatic carbocycles. The number of hydrogen-bond acceptors (Lipinski definition) is 5. The highest BCUT2D eigenvalue weighted by Gasteiger charge is 2.36. The predicted molar refractivity (Wildman–Crippen MR) is 94.3 cm³/mol. The van der Waals surface area contributed by atoms with E-state index in [2.05, 4.69) is 34.7 Å². The van der Waals surface area contributed by atoms with Crippen LogP contribution in [0.15, 0.2) is 12.1 Å². The van der Waals surface area contributed by atoms with E-state index in [-0.39, 0.29) is 0 Å². The molecular formula is C18H28N4O. The largest absolute Gasteiger partial charge is 0.489 e. The van der Waals surface area contributed by atoms with Gasteiger partial charge in [-0.25, -0.2) is 0 Å². The fraction of sp³-hybridized carbons (Fsp3) is 0.667. The Hall–Kier alpha value is -1.46. The maximum absolute atomic E-state index is 6.05. The molecule has 5 nitrogen and oxygen atoms in total. The monoisotopic (exact) mass is 316 g/mol. The van der Waals surface area contributed by atoms with Gasteiger partial charge in [0.2, 0.25) is 0 Å². The normalized spacial score (nSPS) is 26.5. The van der Waals surface area contributed by atoms with Crippen LogP contribution in [-0.4, -0.2) is 68.3 Å². The van der Waals surface area contributed by atoms with Gasteiger partial charge in [-0.05, 0) is 51.5 Å². The molecule has 126 valence electrons. The van der Waals surface area contributed by atoms with Gasteiger partial charge in [0.1, 0.15) is 12.4 Å². The molecule has 2 N–H and O–H groups in total. The minimum absolute atomic E-state index is 0.471. The van der Waals surface area contributed by atoms with Crippen LogP contribution in [-0.2, 0) is 0 Å². The number of nitrogens with zero attached hydrogens (tertiary/aromatic N) is 3. The topological polar surface area (TPSA) is 45.0 Å². The lowest BCUT2D eigenvalue weighted by atomic mass is 9.99. The zero-order chi connectivity index (χ0) is 16.0. The molecule has 5 heteroatoms. The number of benzene rings is 1. The van der Waals surface area contributed by atoms with Crippen LogP contribution in [0.3, 0.4) is 0 Å². The first-order valence-corrected chi connectivity index (χ1v) is 8.84. The van der Waals surface area contributed by atoms with Gasteiger partial charge in [-0.2, -0.15) is 0 Å². The molecule has 3 heterocycles. The number of aryl methyl sites for hydroxylation is 1. The molecule has 4 rings (SSSR count). The van der Waals surface area contributed by atoms with Crippen molar-refractivity contribution in [3.63, 3.8) is 0 Å². The highest BCUT2D eigenvalue weighted by atomic mass is 16.5. The van der Waals surface area contributed by atoms with Crippen LogP contribution < -0.4 is 15.4 Å². The first kappa shape index (κ1) is 15.1. The summed E-state index contributed by atoms with van der Waals surface area (Å²) in [4.78, 5) is 7.70. The lowest BCUT2D eigenvalue weighted by molar-refractivity contribution is 0.0867. The summed E-state index contributed by atoms with van der Waals surface area (Å²) in [5.74, 6) is 0.964. The Morgan fingerprint density at radius 3 is 2.65 bits per heavy atom. The van der Waals surface area contributed by atoms with Crippen molar-refractivity contribution in [2.24, 2.45) is 0 Å². The van der Waals surface area contributed by atoms with E-state index < -0.39 is 0 Å². The zero-order valence-corrected chi connectivity index (χ0v) is 14.3. The van der Waals surface area contributed by atoms with Gasteiger partial charge in [-0.3, -0.25) is 4.90 Å². The number of anilines is 2. The van der Waals surface area contributed by atoms with Gasteiger partial charge in [0.15, 0.2) is 0 Å². The molecule has 3 aliphatic rings. The van der Waals surface area contributed by atoms with Crippen LogP contribution in [0.5, 0.6) is 5.75 Å². The van der Waals surface area contributed by atoms with Gasteiger partial charge in [0, 0.05) is 37.4 Å². The lowest BCUT2D eigenvalue weighted by Crippen LogP contribution is -2.60. The van der Waals surface area contributed by atoms with E-state index in [1.807, 2.05) is 6.07 Å². The van der Waals surface area contributed by atoms with Crippen molar-refractivity contribution < 1.29 is 4.74 Å². The van der Waals surface area contributed by atoms with Gasteiger partial charge in [0.25, 0.3) is 0 Å². The van der Waals surface area contributed by atoms with Gasteiger partial charge in [-0.15, -0.1) is 0 Å². The Morgan fingerprint density at radius 1 is 1.09 bits per heavy atom. The molecule has 1 aromatic carbocycles. The smallest absolute Gasteiger partial charge is 0.145 e. The van der Waals surface area contributed by atoms with E-state index in [0.29, 0.717) is 6.04 Å². The molecule has 0 unspecified atom stereocenters. The number of nitrogens with two attached hydrogens (primary N) is 1. The molecule has 0 aromatic heterocycles. The summed E-state index contributed by atoms with van der Waals surface area (Å²) in [5.41, 5.74) is 9.26. The zero-order valence-electron chi connectivity index (χ0n) is 14.3. The fourth-order valence-corrected chi connectivity index (χ4v) is 4.45. The number of ether oxygens (including phenoxy) is 1. The maximum atomic E-state index is 6.05. The van der Waals surface area contributed by atoms with Crippen molar-refractivity contribution in [1.82, 2.24) is 9.80 Å². The molecule has 0 bridgehead atoms. The molecule has 1 atom stereocenters. The average Bonchev–Trinajstić information content (AvgIpc) is 2.54. The number of likely N-dealkylation sites (tertiary alicyclic amines) is 1. The Kier molecular flexibility index (Phi) is 3.85. The van der Waals surface area contributed by atoms with Crippen molar-refractivity contribution in [3.8, 4) is 5.75 Å². The number of rotatable bonds is 1. The summed E-state index contributed by atoms with van der Waals surface area (Å²) in [7, 11) is 2.23. The summed E-state index contributed by atoms with van der Waals surface area (Å²) < 4.78 is 6.05. The van der Waals surface area contributed by atoms with Crippen molar-refractivity contribution in [2.45, 2.75) is 31.8 Å². The minimum atomic E-state index is 0.471. The van der Waals surface area contributed by atoms with E-state index >= 15 is 0 Å². The number of piperazine rings is 1. The SMILES string of the molecule is Cc1cc(N)cc2c1N1CCN(C3CCN(C)CC3)C[C@H]1CO2. The summed E-state index contributed by atoms with van der Waals surface area (Å²) in [6, 6.07) is 5.26. The van der Waals surface area contributed by atoms with Crippen LogP contribution >= 0.6 is 0 Å². The second-order valence-electron chi connectivity index (χ2n) is 7.37. The quantitative estimate of drug-likeness (QED) is 0.797. The average molecular weight is 316 g/mol. The van der Waals surface area contributed by atoms with E-state index in [1.165, 1.54) is 37.2 Å². The third kappa shape index (κ3) is 2.76. The molecule has 0 radical (unpaired) electrons. The summed E-state index contributed by atoms with van der Waals surface area (Å²) in [6.45, 7) is 8.76.